The summed E-state index contributed by atoms with van der Waals surface area (Å²) in [7, 11) is 1.73. The molecule has 1 heterocycles. The second-order valence-corrected chi connectivity index (χ2v) is 5.10. The largest absolute Gasteiger partial charge is 0.370 e. The molecule has 2 rings (SSSR count). The number of hydrogen-bond donors (Lipinski definition) is 1. The summed E-state index contributed by atoms with van der Waals surface area (Å²) < 4.78 is 5.63. The van der Waals surface area contributed by atoms with E-state index in [1.165, 1.54) is 0 Å². The standard InChI is InChI=1S/C10H18N4O/c1-9(2)4-6-10(15-3,7-5-9)8-11-13-14-12-8/h4-7H2,1-3H3,(H,11,12,13,14). The van der Waals surface area contributed by atoms with Crippen LogP contribution in [0.2, 0.25) is 0 Å². The lowest BCUT2D eigenvalue weighted by Crippen LogP contribution is -2.37. The SMILES string of the molecule is COC1(c2nn[nH]n2)CCC(C)(C)CC1. The second-order valence-electron chi connectivity index (χ2n) is 5.10. The van der Waals surface area contributed by atoms with Gasteiger partial charge in [-0.1, -0.05) is 19.1 Å². The van der Waals surface area contributed by atoms with Gasteiger partial charge in [-0.15, -0.1) is 10.2 Å². The van der Waals surface area contributed by atoms with Crippen molar-refractivity contribution in [3.8, 4) is 0 Å². The number of nitrogens with one attached hydrogen (secondary N) is 1. The molecule has 0 saturated heterocycles. The van der Waals surface area contributed by atoms with Gasteiger partial charge in [-0.05, 0) is 31.1 Å². The van der Waals surface area contributed by atoms with Gasteiger partial charge in [0.15, 0.2) is 0 Å². The number of aromatic amines is 1. The zero-order valence-electron chi connectivity index (χ0n) is 9.58. The highest BCUT2D eigenvalue weighted by molar-refractivity contribution is 5.02. The van der Waals surface area contributed by atoms with Crippen molar-refractivity contribution in [1.29, 1.82) is 0 Å². The van der Waals surface area contributed by atoms with E-state index in [1.807, 2.05) is 0 Å². The predicted octanol–water partition coefficient (Wildman–Crippen LogP) is 1.64. The van der Waals surface area contributed by atoms with Crippen LogP contribution in [0.3, 0.4) is 0 Å². The summed E-state index contributed by atoms with van der Waals surface area (Å²) in [5.41, 5.74) is 0.0916. The van der Waals surface area contributed by atoms with Crippen LogP contribution >= 0.6 is 0 Å². The molecule has 0 aromatic carbocycles. The molecule has 5 nitrogen and oxygen atoms in total. The fourth-order valence-corrected chi connectivity index (χ4v) is 2.20. The molecule has 0 amide bonds. The van der Waals surface area contributed by atoms with Crippen molar-refractivity contribution in [2.24, 2.45) is 5.41 Å². The van der Waals surface area contributed by atoms with Crippen LogP contribution in [0.5, 0.6) is 0 Å². The fourth-order valence-electron chi connectivity index (χ4n) is 2.20. The summed E-state index contributed by atoms with van der Waals surface area (Å²) >= 11 is 0. The van der Waals surface area contributed by atoms with E-state index in [9.17, 15) is 0 Å². The number of tetrazole rings is 1. The minimum atomic E-state index is -0.317. The summed E-state index contributed by atoms with van der Waals surface area (Å²) in [4.78, 5) is 0. The lowest BCUT2D eigenvalue weighted by atomic mass is 9.70. The van der Waals surface area contributed by atoms with Gasteiger partial charge >= 0.3 is 0 Å². The smallest absolute Gasteiger partial charge is 0.206 e. The van der Waals surface area contributed by atoms with Gasteiger partial charge in [-0.25, -0.2) is 0 Å². The summed E-state index contributed by atoms with van der Waals surface area (Å²) in [5, 5.41) is 14.2. The molecule has 15 heavy (non-hydrogen) atoms. The Balaban J connectivity index is 2.19. The van der Waals surface area contributed by atoms with Gasteiger partial charge in [0.2, 0.25) is 5.82 Å². The zero-order valence-corrected chi connectivity index (χ0v) is 9.58. The van der Waals surface area contributed by atoms with Crippen LogP contribution in [0.1, 0.15) is 45.4 Å². The molecule has 1 aliphatic rings. The van der Waals surface area contributed by atoms with Gasteiger partial charge in [0.25, 0.3) is 0 Å². The summed E-state index contributed by atoms with van der Waals surface area (Å²) in [5.74, 6) is 0.695. The number of nitrogens with zero attached hydrogens (tertiary/aromatic N) is 3. The van der Waals surface area contributed by atoms with E-state index in [0.717, 1.165) is 25.7 Å². The number of hydrogen-bond acceptors (Lipinski definition) is 4. The predicted molar refractivity (Wildman–Crippen MR) is 55.1 cm³/mol. The van der Waals surface area contributed by atoms with Crippen LogP contribution in [-0.2, 0) is 10.3 Å². The second kappa shape index (κ2) is 3.56. The molecule has 1 aromatic heterocycles. The van der Waals surface area contributed by atoms with Crippen molar-refractivity contribution in [2.45, 2.75) is 45.1 Å². The van der Waals surface area contributed by atoms with Crippen molar-refractivity contribution in [1.82, 2.24) is 20.6 Å². The lowest BCUT2D eigenvalue weighted by molar-refractivity contribution is -0.0729. The minimum absolute atomic E-state index is 0.317. The van der Waals surface area contributed by atoms with Crippen molar-refractivity contribution < 1.29 is 4.74 Å². The first-order chi connectivity index (χ1) is 7.08. The molecule has 0 unspecified atom stereocenters. The lowest BCUT2D eigenvalue weighted by Gasteiger charge is -2.40. The molecule has 0 radical (unpaired) electrons. The molecule has 1 aromatic rings. The molecule has 0 aliphatic heterocycles. The Morgan fingerprint density at radius 2 is 1.87 bits per heavy atom. The normalized spacial score (nSPS) is 23.9. The molecule has 1 N–H and O–H groups in total. The topological polar surface area (TPSA) is 63.7 Å². The number of aromatic nitrogens is 4. The first kappa shape index (κ1) is 10.5. The van der Waals surface area contributed by atoms with E-state index < -0.39 is 0 Å². The summed E-state index contributed by atoms with van der Waals surface area (Å²) in [6, 6.07) is 0. The van der Waals surface area contributed by atoms with Crippen LogP contribution in [0.15, 0.2) is 0 Å². The quantitative estimate of drug-likeness (QED) is 0.806. The van der Waals surface area contributed by atoms with Gasteiger partial charge in [0.05, 0.1) is 0 Å². The maximum Gasteiger partial charge on any atom is 0.206 e. The number of rotatable bonds is 2. The van der Waals surface area contributed by atoms with Gasteiger partial charge in [-0.2, -0.15) is 5.21 Å². The van der Waals surface area contributed by atoms with E-state index in [-0.39, 0.29) is 5.60 Å². The van der Waals surface area contributed by atoms with E-state index in [2.05, 4.69) is 34.5 Å². The van der Waals surface area contributed by atoms with Crippen molar-refractivity contribution in [2.75, 3.05) is 7.11 Å². The fraction of sp³-hybridized carbons (Fsp3) is 0.900. The maximum absolute atomic E-state index is 5.63. The third-order valence-corrected chi connectivity index (χ3v) is 3.55. The molecule has 5 heteroatoms. The Hall–Kier alpha value is -0.970. The zero-order chi connectivity index (χ0) is 10.9. The molecule has 84 valence electrons. The van der Waals surface area contributed by atoms with Crippen LogP contribution in [0.4, 0.5) is 0 Å². The number of ether oxygens (including phenoxy) is 1. The van der Waals surface area contributed by atoms with Crippen LogP contribution in [-0.4, -0.2) is 27.7 Å². The van der Waals surface area contributed by atoms with Gasteiger partial charge in [0.1, 0.15) is 5.60 Å². The molecular weight excluding hydrogens is 192 g/mol. The summed E-state index contributed by atoms with van der Waals surface area (Å²) in [6.45, 7) is 4.59. The molecule has 0 atom stereocenters. The van der Waals surface area contributed by atoms with E-state index in [1.54, 1.807) is 7.11 Å². The van der Waals surface area contributed by atoms with Crippen LogP contribution in [0, 0.1) is 5.41 Å². The molecular formula is C10H18N4O. The van der Waals surface area contributed by atoms with Crippen LogP contribution in [0.25, 0.3) is 0 Å². The molecule has 1 saturated carbocycles. The molecule has 0 bridgehead atoms. The monoisotopic (exact) mass is 210 g/mol. The Morgan fingerprint density at radius 3 is 2.33 bits per heavy atom. The summed E-state index contributed by atoms with van der Waals surface area (Å²) in [6.07, 6.45) is 4.21. The van der Waals surface area contributed by atoms with Crippen LogP contribution < -0.4 is 0 Å². The average Bonchev–Trinajstić information content (AvgIpc) is 2.72. The van der Waals surface area contributed by atoms with Crippen molar-refractivity contribution in [3.63, 3.8) is 0 Å². The van der Waals surface area contributed by atoms with E-state index in [0.29, 0.717) is 11.2 Å². The maximum atomic E-state index is 5.63. The molecule has 0 spiro atoms. The van der Waals surface area contributed by atoms with Crippen molar-refractivity contribution in [3.05, 3.63) is 5.82 Å². The Kier molecular flexibility index (Phi) is 2.50. The minimum Gasteiger partial charge on any atom is -0.370 e. The third kappa shape index (κ3) is 1.88. The van der Waals surface area contributed by atoms with Gasteiger partial charge in [-0.3, -0.25) is 0 Å². The molecule has 1 aliphatic carbocycles. The first-order valence-corrected chi connectivity index (χ1v) is 5.37. The Labute approximate surface area is 89.6 Å². The number of H-pyrrole nitrogens is 1. The highest BCUT2D eigenvalue weighted by atomic mass is 16.5. The van der Waals surface area contributed by atoms with Crippen molar-refractivity contribution >= 4 is 0 Å². The highest BCUT2D eigenvalue weighted by Gasteiger charge is 2.42. The third-order valence-electron chi connectivity index (χ3n) is 3.55. The van der Waals surface area contributed by atoms with E-state index >= 15 is 0 Å². The van der Waals surface area contributed by atoms with E-state index in [4.69, 9.17) is 4.74 Å². The van der Waals surface area contributed by atoms with Gasteiger partial charge < -0.3 is 4.74 Å². The average molecular weight is 210 g/mol. The number of methoxy groups -OCH3 is 1. The Bertz CT molecular complexity index is 310. The first-order valence-electron chi connectivity index (χ1n) is 5.37. The Morgan fingerprint density at radius 1 is 1.20 bits per heavy atom. The van der Waals surface area contributed by atoms with Gasteiger partial charge in [0, 0.05) is 7.11 Å². The molecule has 1 fully saturated rings. The highest BCUT2D eigenvalue weighted by Crippen LogP contribution is 2.45.